The molecule has 3 rings (SSSR count). The number of carbonyl (C=O) groups is 1. The number of amides is 1. The summed E-state index contributed by atoms with van der Waals surface area (Å²) in [5.41, 5.74) is 0.670. The summed E-state index contributed by atoms with van der Waals surface area (Å²) in [7, 11) is 1.56. The topological polar surface area (TPSA) is 80.2 Å². The summed E-state index contributed by atoms with van der Waals surface area (Å²) in [6, 6.07) is 5.29. The summed E-state index contributed by atoms with van der Waals surface area (Å²) >= 11 is 0. The van der Waals surface area contributed by atoms with Crippen molar-refractivity contribution in [3.8, 4) is 5.88 Å². The molecule has 0 aliphatic carbocycles. The van der Waals surface area contributed by atoms with E-state index in [0.717, 1.165) is 19.4 Å². The van der Waals surface area contributed by atoms with Crippen LogP contribution in [0.15, 0.2) is 36.8 Å². The van der Waals surface area contributed by atoms with Crippen molar-refractivity contribution in [1.29, 1.82) is 0 Å². The summed E-state index contributed by atoms with van der Waals surface area (Å²) in [6.45, 7) is 1.50. The Morgan fingerprint density at radius 3 is 2.83 bits per heavy atom. The Morgan fingerprint density at radius 2 is 2.13 bits per heavy atom. The molecule has 0 bridgehead atoms. The van der Waals surface area contributed by atoms with Gasteiger partial charge in [0.2, 0.25) is 17.7 Å². The highest BCUT2D eigenvalue weighted by Gasteiger charge is 2.27. The molecule has 1 fully saturated rings. The van der Waals surface area contributed by atoms with Crippen LogP contribution in [0, 0.1) is 5.92 Å². The zero-order valence-electron chi connectivity index (χ0n) is 13.0. The molecule has 2 aromatic rings. The van der Waals surface area contributed by atoms with Gasteiger partial charge in [0.1, 0.15) is 0 Å². The van der Waals surface area contributed by atoms with E-state index in [-0.39, 0.29) is 11.8 Å². The second kappa shape index (κ2) is 7.04. The fraction of sp³-hybridized carbons (Fsp3) is 0.375. The van der Waals surface area contributed by atoms with Crippen molar-refractivity contribution in [2.24, 2.45) is 5.92 Å². The third-order valence-electron chi connectivity index (χ3n) is 3.84. The van der Waals surface area contributed by atoms with Crippen LogP contribution in [-0.4, -0.2) is 41.1 Å². The van der Waals surface area contributed by atoms with Gasteiger partial charge in [-0.25, -0.2) is 15.0 Å². The lowest BCUT2D eigenvalue weighted by Gasteiger charge is -2.31. The van der Waals surface area contributed by atoms with Crippen LogP contribution in [0.5, 0.6) is 5.88 Å². The first-order valence-corrected chi connectivity index (χ1v) is 7.59. The molecule has 0 radical (unpaired) electrons. The van der Waals surface area contributed by atoms with Crippen molar-refractivity contribution in [3.63, 3.8) is 0 Å². The maximum atomic E-state index is 12.5. The smallest absolute Gasteiger partial charge is 0.229 e. The monoisotopic (exact) mass is 313 g/mol. The summed E-state index contributed by atoms with van der Waals surface area (Å²) in [6.07, 6.45) is 6.83. The van der Waals surface area contributed by atoms with Crippen molar-refractivity contribution in [2.45, 2.75) is 12.8 Å². The lowest BCUT2D eigenvalue weighted by molar-refractivity contribution is -0.120. The van der Waals surface area contributed by atoms with Crippen LogP contribution < -0.4 is 15.0 Å². The number of hydrogen-bond donors (Lipinski definition) is 1. The zero-order chi connectivity index (χ0) is 16.1. The normalized spacial score (nSPS) is 17.6. The fourth-order valence-electron chi connectivity index (χ4n) is 2.65. The first-order chi connectivity index (χ1) is 11.3. The Morgan fingerprint density at radius 1 is 1.30 bits per heavy atom. The van der Waals surface area contributed by atoms with Gasteiger partial charge < -0.3 is 15.0 Å². The van der Waals surface area contributed by atoms with Gasteiger partial charge in [-0.15, -0.1) is 0 Å². The molecule has 0 unspecified atom stereocenters. The van der Waals surface area contributed by atoms with E-state index in [9.17, 15) is 4.79 Å². The second-order valence-electron chi connectivity index (χ2n) is 5.41. The fourth-order valence-corrected chi connectivity index (χ4v) is 2.65. The largest absolute Gasteiger partial charge is 0.481 e. The van der Waals surface area contributed by atoms with Crippen LogP contribution in [0.1, 0.15) is 12.8 Å². The Bertz CT molecular complexity index is 647. The molecule has 0 saturated carbocycles. The lowest BCUT2D eigenvalue weighted by Crippen LogP contribution is -2.41. The molecule has 3 heterocycles. The van der Waals surface area contributed by atoms with E-state index >= 15 is 0 Å². The molecule has 7 nitrogen and oxygen atoms in total. The van der Waals surface area contributed by atoms with E-state index in [2.05, 4.69) is 25.2 Å². The number of rotatable bonds is 4. The molecule has 1 amide bonds. The van der Waals surface area contributed by atoms with Gasteiger partial charge in [-0.1, -0.05) is 0 Å². The highest BCUT2D eigenvalue weighted by atomic mass is 16.5. The summed E-state index contributed by atoms with van der Waals surface area (Å²) in [4.78, 5) is 27.1. The van der Waals surface area contributed by atoms with Gasteiger partial charge in [0.15, 0.2) is 0 Å². The molecule has 23 heavy (non-hydrogen) atoms. The number of pyridine rings is 1. The molecule has 120 valence electrons. The third-order valence-corrected chi connectivity index (χ3v) is 3.84. The maximum Gasteiger partial charge on any atom is 0.229 e. The van der Waals surface area contributed by atoms with Gasteiger partial charge in [-0.05, 0) is 25.0 Å². The van der Waals surface area contributed by atoms with E-state index in [1.54, 1.807) is 43.9 Å². The SMILES string of the molecule is COc1ccc(NC(=O)[C@@H]2CCCN(c3ncccn3)C2)cn1. The van der Waals surface area contributed by atoms with Crippen LogP contribution in [0.25, 0.3) is 0 Å². The highest BCUT2D eigenvalue weighted by molar-refractivity contribution is 5.92. The van der Waals surface area contributed by atoms with Gasteiger partial charge in [0.25, 0.3) is 0 Å². The van der Waals surface area contributed by atoms with Crippen molar-refractivity contribution in [1.82, 2.24) is 15.0 Å². The molecule has 1 aliphatic heterocycles. The minimum atomic E-state index is -0.0883. The number of nitrogens with one attached hydrogen (secondary N) is 1. The molecule has 1 N–H and O–H groups in total. The van der Waals surface area contributed by atoms with E-state index in [1.165, 1.54) is 0 Å². The first kappa shape index (κ1) is 15.2. The maximum absolute atomic E-state index is 12.5. The van der Waals surface area contributed by atoms with Gasteiger partial charge in [-0.2, -0.15) is 0 Å². The molecule has 1 atom stereocenters. The first-order valence-electron chi connectivity index (χ1n) is 7.59. The number of nitrogens with zero attached hydrogens (tertiary/aromatic N) is 4. The van der Waals surface area contributed by atoms with Gasteiger partial charge in [0, 0.05) is 31.5 Å². The Hall–Kier alpha value is -2.70. The van der Waals surface area contributed by atoms with Crippen LogP contribution in [-0.2, 0) is 4.79 Å². The van der Waals surface area contributed by atoms with Crippen LogP contribution in [0.4, 0.5) is 11.6 Å². The number of piperidine rings is 1. The average molecular weight is 313 g/mol. The summed E-state index contributed by atoms with van der Waals surface area (Å²) in [5, 5.41) is 2.91. The van der Waals surface area contributed by atoms with Gasteiger partial charge in [-0.3, -0.25) is 4.79 Å². The van der Waals surface area contributed by atoms with Crippen LogP contribution in [0.2, 0.25) is 0 Å². The van der Waals surface area contributed by atoms with E-state index in [4.69, 9.17) is 4.74 Å². The Balaban J connectivity index is 1.62. The number of methoxy groups -OCH3 is 1. The van der Waals surface area contributed by atoms with Crippen molar-refractivity contribution >= 4 is 17.5 Å². The number of carbonyl (C=O) groups excluding carboxylic acids is 1. The predicted molar refractivity (Wildman–Crippen MR) is 86.4 cm³/mol. The summed E-state index contributed by atoms with van der Waals surface area (Å²) < 4.78 is 5.01. The minimum Gasteiger partial charge on any atom is -0.481 e. The van der Waals surface area contributed by atoms with E-state index < -0.39 is 0 Å². The number of anilines is 2. The van der Waals surface area contributed by atoms with Gasteiger partial charge in [0.05, 0.1) is 24.9 Å². The molecule has 0 spiro atoms. The van der Waals surface area contributed by atoms with Crippen molar-refractivity contribution in [3.05, 3.63) is 36.8 Å². The number of aromatic nitrogens is 3. The van der Waals surface area contributed by atoms with Crippen molar-refractivity contribution in [2.75, 3.05) is 30.4 Å². The van der Waals surface area contributed by atoms with E-state index in [1.807, 2.05) is 0 Å². The second-order valence-corrected chi connectivity index (χ2v) is 5.41. The van der Waals surface area contributed by atoms with Crippen LogP contribution >= 0.6 is 0 Å². The molecular weight excluding hydrogens is 294 g/mol. The molecule has 1 aliphatic rings. The minimum absolute atomic E-state index is 0.00222. The summed E-state index contributed by atoms with van der Waals surface area (Å²) in [5.74, 6) is 1.11. The molecule has 2 aromatic heterocycles. The predicted octanol–water partition coefficient (Wildman–Crippen LogP) is 1.74. The molecule has 1 saturated heterocycles. The van der Waals surface area contributed by atoms with Crippen LogP contribution in [0.3, 0.4) is 0 Å². The molecule has 0 aromatic carbocycles. The number of hydrogen-bond acceptors (Lipinski definition) is 6. The van der Waals surface area contributed by atoms with Gasteiger partial charge >= 0.3 is 0 Å². The molecular formula is C16H19N5O2. The quantitative estimate of drug-likeness (QED) is 0.926. The van der Waals surface area contributed by atoms with E-state index in [0.29, 0.717) is 24.1 Å². The highest BCUT2D eigenvalue weighted by Crippen LogP contribution is 2.21. The Kier molecular flexibility index (Phi) is 4.65. The molecule has 7 heteroatoms. The zero-order valence-corrected chi connectivity index (χ0v) is 13.0. The third kappa shape index (κ3) is 3.74. The Labute approximate surface area is 134 Å². The lowest BCUT2D eigenvalue weighted by atomic mass is 9.97. The standard InChI is InChI=1S/C16H19N5O2/c1-23-14-6-5-13(10-19-14)20-15(22)12-4-2-9-21(11-12)16-17-7-3-8-18-16/h3,5-8,10,12H,2,4,9,11H2,1H3,(H,20,22)/t12-/m1/s1. The number of ether oxygens (including phenoxy) is 1. The average Bonchev–Trinajstić information content (AvgIpc) is 2.63. The van der Waals surface area contributed by atoms with Crippen molar-refractivity contribution < 1.29 is 9.53 Å².